The maximum atomic E-state index is 12.1. The molecule has 0 aromatic heterocycles. The molecule has 0 atom stereocenters. The van der Waals surface area contributed by atoms with Crippen molar-refractivity contribution < 1.29 is 19.1 Å². The maximum absolute atomic E-state index is 12.1. The number of benzene rings is 2. The van der Waals surface area contributed by atoms with E-state index >= 15 is 0 Å². The van der Waals surface area contributed by atoms with Crippen molar-refractivity contribution in [3.63, 3.8) is 0 Å². The van der Waals surface area contributed by atoms with Crippen molar-refractivity contribution in [1.82, 2.24) is 16.2 Å². The normalized spacial score (nSPS) is 10.0. The third kappa shape index (κ3) is 7.49. The fraction of sp³-hybridized carbons (Fsp3) is 0.286. The Balaban J connectivity index is 1.68. The van der Waals surface area contributed by atoms with E-state index in [0.29, 0.717) is 17.9 Å². The highest BCUT2D eigenvalue weighted by Gasteiger charge is 2.09. The van der Waals surface area contributed by atoms with Gasteiger partial charge in [-0.2, -0.15) is 0 Å². The van der Waals surface area contributed by atoms with Crippen LogP contribution in [-0.4, -0.2) is 30.9 Å². The van der Waals surface area contributed by atoms with E-state index in [1.54, 1.807) is 24.3 Å². The number of hydrogen-bond donors (Lipinski definition) is 3. The summed E-state index contributed by atoms with van der Waals surface area (Å²) in [5.74, 6) is -0.548. The summed E-state index contributed by atoms with van der Waals surface area (Å²) in [6.45, 7) is 2.47. The molecule has 0 aliphatic carbocycles. The first-order chi connectivity index (χ1) is 13.6. The predicted octanol–water partition coefficient (Wildman–Crippen LogP) is 1.99. The molecule has 2 aromatic carbocycles. The molecule has 0 heterocycles. The summed E-state index contributed by atoms with van der Waals surface area (Å²) in [7, 11) is 0. The Morgan fingerprint density at radius 1 is 0.893 bits per heavy atom. The van der Waals surface area contributed by atoms with Crippen LogP contribution in [0.5, 0.6) is 5.75 Å². The van der Waals surface area contributed by atoms with E-state index in [4.69, 9.17) is 4.74 Å². The number of carbonyl (C=O) groups is 3. The number of ether oxygens (including phenoxy) is 1. The van der Waals surface area contributed by atoms with E-state index in [1.807, 2.05) is 30.3 Å². The fourth-order valence-electron chi connectivity index (χ4n) is 2.31. The Kier molecular flexibility index (Phi) is 8.52. The highest BCUT2D eigenvalue weighted by atomic mass is 16.5. The van der Waals surface area contributed by atoms with Gasteiger partial charge < -0.3 is 10.1 Å². The minimum absolute atomic E-state index is 0.153. The van der Waals surface area contributed by atoms with Crippen molar-refractivity contribution in [2.24, 2.45) is 0 Å². The first kappa shape index (κ1) is 21.0. The average molecular weight is 383 g/mol. The van der Waals surface area contributed by atoms with E-state index in [-0.39, 0.29) is 24.8 Å². The number of hydrogen-bond acceptors (Lipinski definition) is 4. The second-order valence-electron chi connectivity index (χ2n) is 6.17. The maximum Gasteiger partial charge on any atom is 0.257 e. The molecule has 148 valence electrons. The van der Waals surface area contributed by atoms with Gasteiger partial charge in [-0.15, -0.1) is 0 Å². The number of rotatable bonds is 9. The van der Waals surface area contributed by atoms with E-state index in [1.165, 1.54) is 0 Å². The van der Waals surface area contributed by atoms with Crippen LogP contribution in [0.15, 0.2) is 54.6 Å². The molecule has 28 heavy (non-hydrogen) atoms. The molecule has 7 heteroatoms. The molecule has 3 N–H and O–H groups in total. The van der Waals surface area contributed by atoms with Crippen LogP contribution in [0.2, 0.25) is 0 Å². The Labute approximate surface area is 164 Å². The molecule has 0 radical (unpaired) electrons. The van der Waals surface area contributed by atoms with Crippen molar-refractivity contribution in [3.8, 4) is 5.75 Å². The van der Waals surface area contributed by atoms with Gasteiger partial charge >= 0.3 is 0 Å². The lowest BCUT2D eigenvalue weighted by Gasteiger charge is -2.09. The summed E-state index contributed by atoms with van der Waals surface area (Å²) in [5, 5.41) is 2.50. The Morgan fingerprint density at radius 3 is 2.25 bits per heavy atom. The van der Waals surface area contributed by atoms with Crippen molar-refractivity contribution in [2.75, 3.05) is 13.2 Å². The van der Waals surface area contributed by atoms with Gasteiger partial charge in [0.05, 0.1) is 19.6 Å². The van der Waals surface area contributed by atoms with Crippen LogP contribution in [0, 0.1) is 0 Å². The van der Waals surface area contributed by atoms with Gasteiger partial charge in [0.1, 0.15) is 5.75 Å². The molecule has 0 aliphatic rings. The van der Waals surface area contributed by atoms with Crippen molar-refractivity contribution in [1.29, 1.82) is 0 Å². The quantitative estimate of drug-likeness (QED) is 0.456. The average Bonchev–Trinajstić information content (AvgIpc) is 2.72. The Hall–Kier alpha value is -3.35. The minimum atomic E-state index is -0.519. The summed E-state index contributed by atoms with van der Waals surface area (Å²) in [6.07, 6.45) is 2.18. The molecular formula is C21H25N3O4. The molecule has 0 fully saturated rings. The second-order valence-corrected chi connectivity index (χ2v) is 6.17. The standard InChI is InChI=1S/C21H25N3O4/c1-2-3-13-28-18-11-9-17(10-12-18)21(27)22-15-20(26)24-23-19(25)14-16-7-5-4-6-8-16/h4-12H,2-3,13-15H2,1H3,(H,22,27)(H,23,25)(H,24,26). The molecule has 0 unspecified atom stereocenters. The summed E-state index contributed by atoms with van der Waals surface area (Å²) in [5.41, 5.74) is 5.85. The molecule has 0 spiro atoms. The van der Waals surface area contributed by atoms with Crippen LogP contribution >= 0.6 is 0 Å². The van der Waals surface area contributed by atoms with Gasteiger partial charge in [-0.3, -0.25) is 25.2 Å². The third-order valence-electron chi connectivity index (χ3n) is 3.84. The van der Waals surface area contributed by atoms with Crippen molar-refractivity contribution in [3.05, 3.63) is 65.7 Å². The van der Waals surface area contributed by atoms with E-state index in [0.717, 1.165) is 18.4 Å². The topological polar surface area (TPSA) is 96.5 Å². The first-order valence-corrected chi connectivity index (χ1v) is 9.21. The lowest BCUT2D eigenvalue weighted by molar-refractivity contribution is -0.128. The molecule has 0 aliphatic heterocycles. The Morgan fingerprint density at radius 2 is 1.57 bits per heavy atom. The van der Waals surface area contributed by atoms with Crippen LogP contribution in [-0.2, 0) is 16.0 Å². The minimum Gasteiger partial charge on any atom is -0.494 e. The number of carbonyl (C=O) groups excluding carboxylic acids is 3. The van der Waals surface area contributed by atoms with E-state index < -0.39 is 5.91 Å². The summed E-state index contributed by atoms with van der Waals surface area (Å²) >= 11 is 0. The molecule has 7 nitrogen and oxygen atoms in total. The highest BCUT2D eigenvalue weighted by Crippen LogP contribution is 2.12. The second kappa shape index (κ2) is 11.4. The van der Waals surface area contributed by atoms with E-state index in [9.17, 15) is 14.4 Å². The largest absolute Gasteiger partial charge is 0.494 e. The molecule has 2 aromatic rings. The summed E-state index contributed by atoms with van der Waals surface area (Å²) in [4.78, 5) is 35.6. The van der Waals surface area contributed by atoms with Crippen LogP contribution in [0.1, 0.15) is 35.7 Å². The third-order valence-corrected chi connectivity index (χ3v) is 3.84. The Bertz CT molecular complexity index is 776. The molecule has 3 amide bonds. The number of amides is 3. The highest BCUT2D eigenvalue weighted by molar-refractivity contribution is 5.96. The predicted molar refractivity (Wildman–Crippen MR) is 106 cm³/mol. The monoisotopic (exact) mass is 383 g/mol. The number of nitrogens with one attached hydrogen (secondary N) is 3. The van der Waals surface area contributed by atoms with Gasteiger partial charge in [-0.25, -0.2) is 0 Å². The summed E-state index contributed by atoms with van der Waals surface area (Å²) in [6, 6.07) is 15.9. The zero-order chi connectivity index (χ0) is 20.2. The van der Waals surface area contributed by atoms with Gasteiger partial charge in [-0.05, 0) is 36.2 Å². The molecule has 0 saturated heterocycles. The van der Waals surface area contributed by atoms with Gasteiger partial charge in [0.15, 0.2) is 0 Å². The van der Waals surface area contributed by atoms with Crippen molar-refractivity contribution >= 4 is 17.7 Å². The number of hydrazine groups is 1. The zero-order valence-corrected chi connectivity index (χ0v) is 15.9. The van der Waals surface area contributed by atoms with Crippen molar-refractivity contribution in [2.45, 2.75) is 26.2 Å². The number of unbranched alkanes of at least 4 members (excludes halogenated alkanes) is 1. The fourth-order valence-corrected chi connectivity index (χ4v) is 2.31. The SMILES string of the molecule is CCCCOc1ccc(C(=O)NCC(=O)NNC(=O)Cc2ccccc2)cc1. The molecular weight excluding hydrogens is 358 g/mol. The first-order valence-electron chi connectivity index (χ1n) is 9.21. The summed E-state index contributed by atoms with van der Waals surface area (Å²) < 4.78 is 5.54. The van der Waals surface area contributed by atoms with Crippen LogP contribution in [0.3, 0.4) is 0 Å². The van der Waals surface area contributed by atoms with Gasteiger partial charge in [0.25, 0.3) is 11.8 Å². The lowest BCUT2D eigenvalue weighted by Crippen LogP contribution is -2.46. The smallest absolute Gasteiger partial charge is 0.257 e. The zero-order valence-electron chi connectivity index (χ0n) is 15.9. The van der Waals surface area contributed by atoms with Crippen LogP contribution in [0.25, 0.3) is 0 Å². The molecule has 0 saturated carbocycles. The van der Waals surface area contributed by atoms with Gasteiger partial charge in [-0.1, -0.05) is 43.7 Å². The van der Waals surface area contributed by atoms with Gasteiger partial charge in [0.2, 0.25) is 5.91 Å². The van der Waals surface area contributed by atoms with Gasteiger partial charge in [0, 0.05) is 5.56 Å². The molecule has 0 bridgehead atoms. The lowest BCUT2D eigenvalue weighted by atomic mass is 10.1. The molecule has 2 rings (SSSR count). The van der Waals surface area contributed by atoms with Crippen LogP contribution in [0.4, 0.5) is 0 Å². The van der Waals surface area contributed by atoms with E-state index in [2.05, 4.69) is 23.1 Å². The van der Waals surface area contributed by atoms with Crippen LogP contribution < -0.4 is 20.9 Å².